The lowest BCUT2D eigenvalue weighted by Crippen LogP contribution is -2.40. The Balaban J connectivity index is 1.03. The molecule has 0 fully saturated rings. The molecule has 0 unspecified atom stereocenters. The first-order chi connectivity index (χ1) is 34.5. The van der Waals surface area contributed by atoms with E-state index < -0.39 is 5.41 Å². The molecule has 0 radical (unpaired) electrons. The highest BCUT2D eigenvalue weighted by Crippen LogP contribution is 2.63. The predicted octanol–water partition coefficient (Wildman–Crippen LogP) is 16.3. The maximum atomic E-state index is 5.51. The van der Waals surface area contributed by atoms with E-state index in [0.29, 0.717) is 11.6 Å². The molecule has 3 heteroatoms. The molecule has 14 rings (SSSR count). The van der Waals surface area contributed by atoms with Crippen LogP contribution >= 0.6 is 0 Å². The minimum atomic E-state index is -0.576. The highest BCUT2D eigenvalue weighted by atomic mass is 15.0. The molecule has 1 heterocycles. The standard InChI is InChI=1S/C67H49N3/c1-66(2)57-27-13-15-29-59(57)67(60-30-16-14-28-58(60)66)56-39-37-47(46-36-38-52-50-24-10-9-22-48(50)49-23-11-12-25-51(49)54(52)40-46)41-55(56)62-53(26-17-31-61(62)67)65-69-63(44-20-7-4-8-21-44)68-64(70-65)45-34-32-43(33-35-45)42-18-5-3-6-19-42/h3-32,34,37,39-41H,33,35-36,38H2,1-2H3. The van der Waals surface area contributed by atoms with Crippen LogP contribution in [0.3, 0.4) is 0 Å². The molecule has 0 bridgehead atoms. The highest BCUT2D eigenvalue weighted by molar-refractivity contribution is 6.14. The fraction of sp³-hybridized carbons (Fsp3) is 0.119. The van der Waals surface area contributed by atoms with Crippen molar-refractivity contribution >= 4 is 44.3 Å². The lowest BCUT2D eigenvalue weighted by Gasteiger charge is -2.46. The van der Waals surface area contributed by atoms with Gasteiger partial charge in [0.1, 0.15) is 0 Å². The summed E-state index contributed by atoms with van der Waals surface area (Å²) in [7, 11) is 0. The number of nitrogens with zero attached hydrogens (tertiary/aromatic N) is 3. The molecule has 9 aromatic carbocycles. The number of fused-ring (bicyclic) bond motifs is 15. The minimum Gasteiger partial charge on any atom is -0.209 e. The molecule has 0 saturated heterocycles. The van der Waals surface area contributed by atoms with E-state index >= 15 is 0 Å². The molecule has 0 atom stereocenters. The molecular weight excluding hydrogens is 847 g/mol. The molecule has 3 nitrogen and oxygen atoms in total. The van der Waals surface area contributed by atoms with Gasteiger partial charge in [-0.2, -0.15) is 0 Å². The van der Waals surface area contributed by atoms with E-state index in [0.717, 1.165) is 48.2 Å². The SMILES string of the molecule is CC1(C)c2ccccc2C2(c3ccc(C4=Cc5c(c6ccccc6c6ccccc56)CC4)cc3-c3c(-c4nc(C5=CC=C(c6ccccc6)CC5)nc(-c5ccccc5)n4)cccc32)c2ccccc21. The Kier molecular flexibility index (Phi) is 9.10. The van der Waals surface area contributed by atoms with Crippen LogP contribution in [0.15, 0.2) is 206 Å². The molecule has 70 heavy (non-hydrogen) atoms. The summed E-state index contributed by atoms with van der Waals surface area (Å²) in [5.41, 5.74) is 20.7. The average Bonchev–Trinajstić information content (AvgIpc) is 3.73. The Labute approximate surface area is 409 Å². The molecule has 4 aliphatic carbocycles. The molecule has 1 aromatic heterocycles. The maximum absolute atomic E-state index is 5.51. The van der Waals surface area contributed by atoms with Crippen LogP contribution in [0.25, 0.3) is 78.2 Å². The molecule has 0 saturated carbocycles. The third-order valence-corrected chi connectivity index (χ3v) is 16.1. The van der Waals surface area contributed by atoms with Gasteiger partial charge in [-0.15, -0.1) is 0 Å². The third-order valence-electron chi connectivity index (χ3n) is 16.1. The molecule has 332 valence electrons. The second kappa shape index (κ2) is 15.6. The van der Waals surface area contributed by atoms with E-state index in [1.54, 1.807) is 0 Å². The number of hydrogen-bond acceptors (Lipinski definition) is 3. The van der Waals surface area contributed by atoms with E-state index in [-0.39, 0.29) is 5.41 Å². The molecule has 0 N–H and O–H groups in total. The van der Waals surface area contributed by atoms with Crippen LogP contribution in [0.1, 0.15) is 94.6 Å². The van der Waals surface area contributed by atoms with E-state index in [1.165, 1.54) is 99.5 Å². The lowest BCUT2D eigenvalue weighted by molar-refractivity contribution is 0.563. The van der Waals surface area contributed by atoms with Gasteiger partial charge in [0.05, 0.1) is 5.41 Å². The third kappa shape index (κ3) is 5.97. The highest BCUT2D eigenvalue weighted by Gasteiger charge is 2.54. The molecule has 0 amide bonds. The van der Waals surface area contributed by atoms with Crippen molar-refractivity contribution in [1.82, 2.24) is 15.0 Å². The Morgan fingerprint density at radius 3 is 1.60 bits per heavy atom. The predicted molar refractivity (Wildman–Crippen MR) is 289 cm³/mol. The van der Waals surface area contributed by atoms with Crippen LogP contribution in [0.2, 0.25) is 0 Å². The number of benzene rings is 9. The van der Waals surface area contributed by atoms with Gasteiger partial charge in [0.2, 0.25) is 0 Å². The Hall–Kier alpha value is -8.27. The van der Waals surface area contributed by atoms with Gasteiger partial charge in [0, 0.05) is 16.5 Å². The summed E-state index contributed by atoms with van der Waals surface area (Å²) < 4.78 is 0. The van der Waals surface area contributed by atoms with Gasteiger partial charge >= 0.3 is 0 Å². The van der Waals surface area contributed by atoms with Crippen molar-refractivity contribution in [3.8, 4) is 33.9 Å². The van der Waals surface area contributed by atoms with Crippen LogP contribution in [-0.4, -0.2) is 15.0 Å². The fourth-order valence-electron chi connectivity index (χ4n) is 12.8. The Bertz CT molecular complexity index is 3860. The zero-order valence-electron chi connectivity index (χ0n) is 39.4. The average molecular weight is 896 g/mol. The largest absolute Gasteiger partial charge is 0.209 e. The molecule has 4 aliphatic rings. The zero-order valence-corrected chi connectivity index (χ0v) is 39.4. The quantitative estimate of drug-likeness (QED) is 0.162. The van der Waals surface area contributed by atoms with Gasteiger partial charge in [0.15, 0.2) is 17.5 Å². The van der Waals surface area contributed by atoms with Crippen molar-refractivity contribution in [3.05, 3.63) is 268 Å². The van der Waals surface area contributed by atoms with Crippen molar-refractivity contribution in [2.75, 3.05) is 0 Å². The lowest BCUT2D eigenvalue weighted by atomic mass is 9.55. The number of aromatic nitrogens is 3. The normalized spacial score (nSPS) is 15.8. The molecule has 10 aromatic rings. The van der Waals surface area contributed by atoms with Crippen LogP contribution < -0.4 is 0 Å². The van der Waals surface area contributed by atoms with Gasteiger partial charge < -0.3 is 0 Å². The van der Waals surface area contributed by atoms with Crippen molar-refractivity contribution in [1.29, 1.82) is 0 Å². The maximum Gasteiger partial charge on any atom is 0.164 e. The van der Waals surface area contributed by atoms with Gasteiger partial charge in [-0.05, 0) is 137 Å². The van der Waals surface area contributed by atoms with Crippen molar-refractivity contribution in [3.63, 3.8) is 0 Å². The van der Waals surface area contributed by atoms with Gasteiger partial charge in [-0.1, -0.05) is 220 Å². The Morgan fingerprint density at radius 1 is 0.357 bits per heavy atom. The first-order valence-electron chi connectivity index (χ1n) is 24.9. The summed E-state index contributed by atoms with van der Waals surface area (Å²) >= 11 is 0. The summed E-state index contributed by atoms with van der Waals surface area (Å²) in [4.78, 5) is 16.2. The molecule has 0 aliphatic heterocycles. The second-order valence-corrected chi connectivity index (χ2v) is 20.0. The minimum absolute atomic E-state index is 0.206. The van der Waals surface area contributed by atoms with Crippen molar-refractivity contribution < 1.29 is 0 Å². The van der Waals surface area contributed by atoms with Crippen LogP contribution in [0, 0.1) is 0 Å². The number of aryl methyl sites for hydroxylation is 1. The summed E-state index contributed by atoms with van der Waals surface area (Å²) in [5.74, 6) is 2.10. The zero-order chi connectivity index (χ0) is 46.6. The number of allylic oxidation sites excluding steroid dienone is 5. The van der Waals surface area contributed by atoms with Crippen molar-refractivity contribution in [2.24, 2.45) is 0 Å². The van der Waals surface area contributed by atoms with Crippen LogP contribution in [0.4, 0.5) is 0 Å². The first kappa shape index (κ1) is 40.8. The van der Waals surface area contributed by atoms with Gasteiger partial charge in [-0.3, -0.25) is 0 Å². The monoisotopic (exact) mass is 895 g/mol. The van der Waals surface area contributed by atoms with E-state index in [9.17, 15) is 0 Å². The topological polar surface area (TPSA) is 38.7 Å². The summed E-state index contributed by atoms with van der Waals surface area (Å²) in [6, 6.07) is 71.7. The smallest absolute Gasteiger partial charge is 0.164 e. The molecule has 1 spiro atoms. The van der Waals surface area contributed by atoms with Gasteiger partial charge in [-0.25, -0.2) is 15.0 Å². The van der Waals surface area contributed by atoms with E-state index in [4.69, 9.17) is 15.0 Å². The van der Waals surface area contributed by atoms with Crippen molar-refractivity contribution in [2.45, 2.75) is 50.4 Å². The second-order valence-electron chi connectivity index (χ2n) is 20.0. The summed E-state index contributed by atoms with van der Waals surface area (Å²) in [6.45, 7) is 4.78. The Morgan fingerprint density at radius 2 is 0.900 bits per heavy atom. The first-order valence-corrected chi connectivity index (χ1v) is 24.9. The fourth-order valence-corrected chi connectivity index (χ4v) is 12.8. The summed E-state index contributed by atoms with van der Waals surface area (Å²) in [5, 5.41) is 5.33. The van der Waals surface area contributed by atoms with E-state index in [2.05, 4.69) is 226 Å². The van der Waals surface area contributed by atoms with Crippen LogP contribution in [-0.2, 0) is 17.3 Å². The van der Waals surface area contributed by atoms with Gasteiger partial charge in [0.25, 0.3) is 0 Å². The van der Waals surface area contributed by atoms with E-state index in [1.807, 2.05) is 0 Å². The molecular formula is C67H49N3. The van der Waals surface area contributed by atoms with Crippen LogP contribution in [0.5, 0.6) is 0 Å². The number of hydrogen-bond donors (Lipinski definition) is 0. The number of rotatable bonds is 5. The summed E-state index contributed by atoms with van der Waals surface area (Å²) in [6.07, 6.45) is 10.7.